The fraction of sp³-hybridized carbons (Fsp3) is 0.429. The standard InChI is InChI=1S/C21H26O2/c1-3-5-14-22-19-13-9-12-17-16-10-7-8-11-18(16)21(20(17)19)23-15-6-4-2/h7-13,21H,3-6,14-15H2,1-2H3. The molecule has 0 N–H and O–H groups in total. The number of hydrogen-bond donors (Lipinski definition) is 0. The summed E-state index contributed by atoms with van der Waals surface area (Å²) in [4.78, 5) is 0. The van der Waals surface area contributed by atoms with Crippen molar-refractivity contribution >= 4 is 0 Å². The Balaban J connectivity index is 1.94. The highest BCUT2D eigenvalue weighted by atomic mass is 16.5. The van der Waals surface area contributed by atoms with Gasteiger partial charge in [0.2, 0.25) is 0 Å². The van der Waals surface area contributed by atoms with Gasteiger partial charge in [-0.05, 0) is 35.6 Å². The lowest BCUT2D eigenvalue weighted by molar-refractivity contribution is 0.0785. The van der Waals surface area contributed by atoms with Crippen LogP contribution in [0.4, 0.5) is 0 Å². The number of benzene rings is 2. The molecule has 0 aromatic heterocycles. The third-order valence-electron chi connectivity index (χ3n) is 4.40. The van der Waals surface area contributed by atoms with Crippen molar-refractivity contribution < 1.29 is 9.47 Å². The molecule has 0 heterocycles. The van der Waals surface area contributed by atoms with Gasteiger partial charge in [-0.25, -0.2) is 0 Å². The van der Waals surface area contributed by atoms with Gasteiger partial charge >= 0.3 is 0 Å². The van der Waals surface area contributed by atoms with Crippen molar-refractivity contribution in [2.45, 2.75) is 45.6 Å². The molecule has 3 rings (SSSR count). The van der Waals surface area contributed by atoms with Crippen LogP contribution < -0.4 is 4.74 Å². The van der Waals surface area contributed by atoms with E-state index in [0.717, 1.165) is 44.6 Å². The van der Waals surface area contributed by atoms with Crippen molar-refractivity contribution in [3.05, 3.63) is 53.6 Å². The van der Waals surface area contributed by atoms with E-state index in [0.29, 0.717) is 0 Å². The van der Waals surface area contributed by atoms with E-state index >= 15 is 0 Å². The summed E-state index contributed by atoms with van der Waals surface area (Å²) in [6.07, 6.45) is 4.47. The zero-order valence-electron chi connectivity index (χ0n) is 14.2. The molecule has 0 fully saturated rings. The smallest absolute Gasteiger partial charge is 0.126 e. The van der Waals surface area contributed by atoms with Crippen molar-refractivity contribution in [2.75, 3.05) is 13.2 Å². The molecule has 1 atom stereocenters. The van der Waals surface area contributed by atoms with Crippen molar-refractivity contribution in [1.29, 1.82) is 0 Å². The number of fused-ring (bicyclic) bond motifs is 3. The molecule has 0 aliphatic heterocycles. The van der Waals surface area contributed by atoms with Crippen LogP contribution in [-0.2, 0) is 4.74 Å². The summed E-state index contributed by atoms with van der Waals surface area (Å²) < 4.78 is 12.3. The molecule has 2 heteroatoms. The summed E-state index contributed by atoms with van der Waals surface area (Å²) in [5.74, 6) is 0.980. The third kappa shape index (κ3) is 3.28. The van der Waals surface area contributed by atoms with Gasteiger partial charge in [0.05, 0.1) is 6.61 Å². The predicted molar refractivity (Wildman–Crippen MR) is 95.0 cm³/mol. The van der Waals surface area contributed by atoms with Gasteiger partial charge in [-0.2, -0.15) is 0 Å². The molecular formula is C21H26O2. The Morgan fingerprint density at radius 3 is 2.39 bits per heavy atom. The van der Waals surface area contributed by atoms with Crippen LogP contribution in [0.25, 0.3) is 11.1 Å². The second kappa shape index (κ2) is 7.65. The van der Waals surface area contributed by atoms with Gasteiger partial charge in [0.25, 0.3) is 0 Å². The van der Waals surface area contributed by atoms with E-state index in [4.69, 9.17) is 9.47 Å². The lowest BCUT2D eigenvalue weighted by Crippen LogP contribution is -2.07. The minimum absolute atomic E-state index is 0.00516. The molecule has 0 spiro atoms. The molecule has 0 radical (unpaired) electrons. The minimum atomic E-state index is 0.00516. The van der Waals surface area contributed by atoms with Crippen LogP contribution in [0.1, 0.15) is 56.8 Å². The molecule has 122 valence electrons. The van der Waals surface area contributed by atoms with E-state index in [-0.39, 0.29) is 6.10 Å². The normalized spacial score (nSPS) is 15.3. The van der Waals surface area contributed by atoms with Crippen LogP contribution in [-0.4, -0.2) is 13.2 Å². The fourth-order valence-corrected chi connectivity index (χ4v) is 3.15. The van der Waals surface area contributed by atoms with Crippen LogP contribution in [0.5, 0.6) is 5.75 Å². The molecule has 23 heavy (non-hydrogen) atoms. The van der Waals surface area contributed by atoms with Gasteiger partial charge in [0, 0.05) is 12.2 Å². The van der Waals surface area contributed by atoms with E-state index < -0.39 is 0 Å². The Kier molecular flexibility index (Phi) is 5.35. The molecule has 2 aromatic rings. The number of rotatable bonds is 8. The highest BCUT2D eigenvalue weighted by molar-refractivity contribution is 5.80. The first kappa shape index (κ1) is 16.1. The Morgan fingerprint density at radius 2 is 1.57 bits per heavy atom. The van der Waals surface area contributed by atoms with Crippen LogP contribution in [0, 0.1) is 0 Å². The maximum absolute atomic E-state index is 6.26. The summed E-state index contributed by atoms with van der Waals surface area (Å²) in [5.41, 5.74) is 5.02. The van der Waals surface area contributed by atoms with Gasteiger partial charge < -0.3 is 9.47 Å². The van der Waals surface area contributed by atoms with Crippen molar-refractivity contribution in [1.82, 2.24) is 0 Å². The molecule has 1 aliphatic carbocycles. The molecule has 2 aromatic carbocycles. The molecular weight excluding hydrogens is 284 g/mol. The summed E-state index contributed by atoms with van der Waals surface area (Å²) >= 11 is 0. The summed E-state index contributed by atoms with van der Waals surface area (Å²) in [6, 6.07) is 14.9. The minimum Gasteiger partial charge on any atom is -0.493 e. The lowest BCUT2D eigenvalue weighted by Gasteiger charge is -2.18. The van der Waals surface area contributed by atoms with Crippen molar-refractivity contribution in [3.63, 3.8) is 0 Å². The Labute approximate surface area is 139 Å². The van der Waals surface area contributed by atoms with E-state index in [2.05, 4.69) is 56.3 Å². The van der Waals surface area contributed by atoms with Crippen molar-refractivity contribution in [3.8, 4) is 16.9 Å². The van der Waals surface area contributed by atoms with Gasteiger partial charge in [-0.3, -0.25) is 0 Å². The van der Waals surface area contributed by atoms with Gasteiger partial charge in [0.1, 0.15) is 11.9 Å². The highest BCUT2D eigenvalue weighted by Crippen LogP contribution is 2.49. The molecule has 0 amide bonds. The van der Waals surface area contributed by atoms with Gasteiger partial charge in [-0.1, -0.05) is 63.1 Å². The topological polar surface area (TPSA) is 18.5 Å². The van der Waals surface area contributed by atoms with Crippen LogP contribution >= 0.6 is 0 Å². The third-order valence-corrected chi connectivity index (χ3v) is 4.40. The molecule has 0 saturated heterocycles. The van der Waals surface area contributed by atoms with E-state index in [1.54, 1.807) is 0 Å². The highest BCUT2D eigenvalue weighted by Gasteiger charge is 2.31. The summed E-state index contributed by atoms with van der Waals surface area (Å²) in [7, 11) is 0. The van der Waals surface area contributed by atoms with Crippen molar-refractivity contribution in [2.24, 2.45) is 0 Å². The van der Waals surface area contributed by atoms with Crippen LogP contribution in [0.3, 0.4) is 0 Å². The SMILES string of the molecule is CCCCOc1cccc2c1C(OCCCC)c1ccccc1-2. The Hall–Kier alpha value is -1.80. The molecule has 0 bridgehead atoms. The second-order valence-electron chi connectivity index (χ2n) is 6.11. The van der Waals surface area contributed by atoms with E-state index in [9.17, 15) is 0 Å². The Bertz CT molecular complexity index is 648. The Morgan fingerprint density at radius 1 is 0.826 bits per heavy atom. The molecule has 1 aliphatic rings. The monoisotopic (exact) mass is 310 g/mol. The first-order chi connectivity index (χ1) is 11.4. The number of ether oxygens (including phenoxy) is 2. The largest absolute Gasteiger partial charge is 0.493 e. The fourth-order valence-electron chi connectivity index (χ4n) is 3.15. The van der Waals surface area contributed by atoms with Crippen LogP contribution in [0.15, 0.2) is 42.5 Å². The molecule has 0 saturated carbocycles. The van der Waals surface area contributed by atoms with E-state index in [1.165, 1.54) is 22.3 Å². The predicted octanol–water partition coefficient (Wildman–Crippen LogP) is 5.75. The zero-order valence-corrected chi connectivity index (χ0v) is 14.2. The lowest BCUT2D eigenvalue weighted by atomic mass is 10.1. The zero-order chi connectivity index (χ0) is 16.1. The second-order valence-corrected chi connectivity index (χ2v) is 6.11. The number of hydrogen-bond acceptors (Lipinski definition) is 2. The average Bonchev–Trinajstić information content (AvgIpc) is 2.91. The average molecular weight is 310 g/mol. The maximum Gasteiger partial charge on any atom is 0.126 e. The molecule has 1 unspecified atom stereocenters. The maximum atomic E-state index is 6.26. The van der Waals surface area contributed by atoms with Gasteiger partial charge in [-0.15, -0.1) is 0 Å². The first-order valence-corrected chi connectivity index (χ1v) is 8.83. The van der Waals surface area contributed by atoms with Crippen LogP contribution in [0.2, 0.25) is 0 Å². The number of unbranched alkanes of at least 4 members (excludes halogenated alkanes) is 2. The summed E-state index contributed by atoms with van der Waals surface area (Å²) in [6.45, 7) is 5.94. The summed E-state index contributed by atoms with van der Waals surface area (Å²) in [5, 5.41) is 0. The quantitative estimate of drug-likeness (QED) is 0.578. The van der Waals surface area contributed by atoms with Gasteiger partial charge in [0.15, 0.2) is 0 Å². The molecule has 2 nitrogen and oxygen atoms in total. The van der Waals surface area contributed by atoms with E-state index in [1.807, 2.05) is 0 Å². The first-order valence-electron chi connectivity index (χ1n) is 8.83.